The molecule has 80 valence electrons. The second kappa shape index (κ2) is 7.60. The van der Waals surface area contributed by atoms with Crippen molar-refractivity contribution in [1.82, 2.24) is 0 Å². The van der Waals surface area contributed by atoms with Gasteiger partial charge in [-0.1, -0.05) is 77.6 Å². The fourth-order valence-corrected chi connectivity index (χ4v) is 5.77. The van der Waals surface area contributed by atoms with Gasteiger partial charge in [0.15, 0.2) is 0 Å². The molecule has 0 aromatic carbocycles. The fraction of sp³-hybridized carbons (Fsp3) is 1.00. The van der Waals surface area contributed by atoms with Crippen molar-refractivity contribution < 1.29 is 0 Å². The van der Waals surface area contributed by atoms with E-state index in [-0.39, 0.29) is 0 Å². The van der Waals surface area contributed by atoms with Crippen molar-refractivity contribution in [2.75, 3.05) is 0 Å². The summed E-state index contributed by atoms with van der Waals surface area (Å²) in [5.41, 5.74) is 0. The number of hydrogen-bond acceptors (Lipinski definition) is 0. The summed E-state index contributed by atoms with van der Waals surface area (Å²) in [4.78, 5) is 0. The number of hydrogen-bond donors (Lipinski definition) is 0. The summed E-state index contributed by atoms with van der Waals surface area (Å²) >= 11 is 0. The van der Waals surface area contributed by atoms with Crippen LogP contribution in [0.15, 0.2) is 0 Å². The third-order valence-corrected chi connectivity index (χ3v) is 9.72. The molecule has 0 aliphatic heterocycles. The third-order valence-electron chi connectivity index (χ3n) is 3.81. The van der Waals surface area contributed by atoms with E-state index in [0.29, 0.717) is 0 Å². The van der Waals surface area contributed by atoms with Gasteiger partial charge in [0.25, 0.3) is 0 Å². The summed E-state index contributed by atoms with van der Waals surface area (Å²) in [6.07, 6.45) is 5.81. The molecule has 0 nitrogen and oxygen atoms in total. The van der Waals surface area contributed by atoms with Gasteiger partial charge in [-0.2, -0.15) is 0 Å². The SMILES string of the molecule is CCCCCC[Si](CC)(CC)CC. The maximum absolute atomic E-state index is 2.42. The molecule has 0 aromatic rings. The zero-order chi connectivity index (χ0) is 10.2. The lowest BCUT2D eigenvalue weighted by Gasteiger charge is -2.27. The normalized spacial score (nSPS) is 12.0. The quantitative estimate of drug-likeness (QED) is 0.379. The average molecular weight is 200 g/mol. The summed E-state index contributed by atoms with van der Waals surface area (Å²) in [6.45, 7) is 9.54. The molecule has 0 rings (SSSR count). The van der Waals surface area contributed by atoms with Gasteiger partial charge in [-0.15, -0.1) is 0 Å². The predicted molar refractivity (Wildman–Crippen MR) is 66.1 cm³/mol. The second-order valence-corrected chi connectivity index (χ2v) is 9.99. The summed E-state index contributed by atoms with van der Waals surface area (Å²) in [5, 5.41) is 0. The molecule has 0 aliphatic carbocycles. The van der Waals surface area contributed by atoms with Crippen LogP contribution in [0.2, 0.25) is 24.2 Å². The van der Waals surface area contributed by atoms with Crippen LogP contribution in [-0.2, 0) is 0 Å². The Morgan fingerprint density at radius 3 is 1.62 bits per heavy atom. The van der Waals surface area contributed by atoms with Gasteiger partial charge in [0, 0.05) is 0 Å². The molecule has 0 aliphatic rings. The Balaban J connectivity index is 3.68. The van der Waals surface area contributed by atoms with Gasteiger partial charge >= 0.3 is 0 Å². The van der Waals surface area contributed by atoms with E-state index in [1.165, 1.54) is 43.8 Å². The van der Waals surface area contributed by atoms with Gasteiger partial charge in [0.1, 0.15) is 0 Å². The molecule has 0 radical (unpaired) electrons. The van der Waals surface area contributed by atoms with Crippen LogP contribution in [-0.4, -0.2) is 8.07 Å². The molecular weight excluding hydrogens is 172 g/mol. The summed E-state index contributed by atoms with van der Waals surface area (Å²) in [7, 11) is -0.767. The van der Waals surface area contributed by atoms with Crippen LogP contribution >= 0.6 is 0 Å². The maximum Gasteiger partial charge on any atom is 0.0527 e. The first kappa shape index (κ1) is 13.2. The standard InChI is InChI=1S/C12H28Si/c1-5-9-10-11-12-13(6-2,7-3)8-4/h5-12H2,1-4H3. The smallest absolute Gasteiger partial charge is 0.0527 e. The molecular formula is C12H28Si. The van der Waals surface area contributed by atoms with Crippen molar-refractivity contribution in [3.05, 3.63) is 0 Å². The number of unbranched alkanes of at least 4 members (excludes halogenated alkanes) is 3. The lowest BCUT2D eigenvalue weighted by molar-refractivity contribution is 0.693. The molecule has 0 bridgehead atoms. The molecule has 0 saturated heterocycles. The molecule has 1 heteroatoms. The average Bonchev–Trinajstić information content (AvgIpc) is 2.20. The highest BCUT2D eigenvalue weighted by Gasteiger charge is 2.25. The first-order valence-electron chi connectivity index (χ1n) is 6.24. The highest BCUT2D eigenvalue weighted by molar-refractivity contribution is 6.79. The van der Waals surface area contributed by atoms with Gasteiger partial charge in [0.05, 0.1) is 8.07 Å². The van der Waals surface area contributed by atoms with E-state index in [0.717, 1.165) is 0 Å². The van der Waals surface area contributed by atoms with E-state index in [1.54, 1.807) is 6.04 Å². The molecule has 0 fully saturated rings. The molecule has 13 heavy (non-hydrogen) atoms. The monoisotopic (exact) mass is 200 g/mol. The highest BCUT2D eigenvalue weighted by Crippen LogP contribution is 2.27. The predicted octanol–water partition coefficient (Wildman–Crippen LogP) is 5.08. The molecule has 0 amide bonds. The van der Waals surface area contributed by atoms with Gasteiger partial charge in [0.2, 0.25) is 0 Å². The van der Waals surface area contributed by atoms with Gasteiger partial charge in [-0.25, -0.2) is 0 Å². The van der Waals surface area contributed by atoms with E-state index >= 15 is 0 Å². The van der Waals surface area contributed by atoms with E-state index in [9.17, 15) is 0 Å². The topological polar surface area (TPSA) is 0 Å². The van der Waals surface area contributed by atoms with Crippen LogP contribution in [0.4, 0.5) is 0 Å². The zero-order valence-electron chi connectivity index (χ0n) is 10.2. The minimum atomic E-state index is -0.767. The van der Waals surface area contributed by atoms with Crippen LogP contribution in [0.3, 0.4) is 0 Å². The van der Waals surface area contributed by atoms with Gasteiger partial charge in [-0.3, -0.25) is 0 Å². The fourth-order valence-electron chi connectivity index (χ4n) is 2.21. The molecule has 0 unspecified atom stereocenters. The summed E-state index contributed by atoms with van der Waals surface area (Å²) in [6, 6.07) is 6.11. The molecule has 0 saturated carbocycles. The molecule has 0 spiro atoms. The second-order valence-electron chi connectivity index (χ2n) is 4.37. The molecule has 0 heterocycles. The lowest BCUT2D eigenvalue weighted by Crippen LogP contribution is -2.30. The first-order chi connectivity index (χ1) is 6.24. The Kier molecular flexibility index (Phi) is 7.73. The van der Waals surface area contributed by atoms with Crippen molar-refractivity contribution >= 4 is 8.07 Å². The highest BCUT2D eigenvalue weighted by atomic mass is 28.3. The third kappa shape index (κ3) is 4.85. The van der Waals surface area contributed by atoms with Crippen molar-refractivity contribution in [3.63, 3.8) is 0 Å². The van der Waals surface area contributed by atoms with E-state index in [2.05, 4.69) is 27.7 Å². The van der Waals surface area contributed by atoms with Gasteiger partial charge < -0.3 is 0 Å². The lowest BCUT2D eigenvalue weighted by atomic mass is 10.2. The summed E-state index contributed by atoms with van der Waals surface area (Å²) in [5.74, 6) is 0. The van der Waals surface area contributed by atoms with Crippen molar-refractivity contribution in [2.24, 2.45) is 0 Å². The van der Waals surface area contributed by atoms with Crippen LogP contribution in [0, 0.1) is 0 Å². The molecule has 0 aromatic heterocycles. The van der Waals surface area contributed by atoms with Crippen molar-refractivity contribution in [2.45, 2.75) is 77.6 Å². The van der Waals surface area contributed by atoms with Crippen LogP contribution < -0.4 is 0 Å². The number of rotatable bonds is 8. The van der Waals surface area contributed by atoms with Gasteiger partial charge in [-0.05, 0) is 0 Å². The van der Waals surface area contributed by atoms with E-state index in [4.69, 9.17) is 0 Å². The minimum Gasteiger partial charge on any atom is -0.0678 e. The Morgan fingerprint density at radius 2 is 1.23 bits per heavy atom. The minimum absolute atomic E-state index is 0.767. The first-order valence-corrected chi connectivity index (χ1v) is 9.07. The van der Waals surface area contributed by atoms with Crippen LogP contribution in [0.5, 0.6) is 0 Å². The maximum atomic E-state index is 2.42. The Hall–Kier alpha value is 0.217. The van der Waals surface area contributed by atoms with Crippen molar-refractivity contribution in [1.29, 1.82) is 0 Å². The largest absolute Gasteiger partial charge is 0.0678 e. The Morgan fingerprint density at radius 1 is 0.692 bits per heavy atom. The Labute approximate surface area is 86.1 Å². The zero-order valence-corrected chi connectivity index (χ0v) is 11.2. The van der Waals surface area contributed by atoms with Crippen LogP contribution in [0.1, 0.15) is 53.4 Å². The van der Waals surface area contributed by atoms with E-state index < -0.39 is 8.07 Å². The Bertz CT molecular complexity index is 97.4. The molecule has 0 N–H and O–H groups in total. The summed E-state index contributed by atoms with van der Waals surface area (Å²) < 4.78 is 0. The van der Waals surface area contributed by atoms with Crippen molar-refractivity contribution in [3.8, 4) is 0 Å². The van der Waals surface area contributed by atoms with Crippen LogP contribution in [0.25, 0.3) is 0 Å². The van der Waals surface area contributed by atoms with E-state index in [1.807, 2.05) is 0 Å². The molecule has 0 atom stereocenters.